The molecule has 0 saturated heterocycles. The van der Waals surface area contributed by atoms with E-state index in [9.17, 15) is 8.78 Å². The summed E-state index contributed by atoms with van der Waals surface area (Å²) in [7, 11) is 0. The van der Waals surface area contributed by atoms with Gasteiger partial charge in [0.1, 0.15) is 17.5 Å². The molecule has 0 aliphatic carbocycles. The van der Waals surface area contributed by atoms with Gasteiger partial charge in [-0.15, -0.1) is 10.2 Å². The van der Waals surface area contributed by atoms with Crippen LogP contribution >= 0.6 is 11.6 Å². The second-order valence-electron chi connectivity index (χ2n) is 3.63. The molecule has 4 nitrogen and oxygen atoms in total. The van der Waals surface area contributed by atoms with Gasteiger partial charge in [0.25, 0.3) is 0 Å². The number of benzene rings is 1. The van der Waals surface area contributed by atoms with Crippen molar-refractivity contribution in [1.29, 1.82) is 0 Å². The third-order valence-electron chi connectivity index (χ3n) is 2.58. The van der Waals surface area contributed by atoms with Gasteiger partial charge in [-0.25, -0.2) is 8.78 Å². The molecule has 0 atom stereocenters. The topological polar surface area (TPSA) is 56.7 Å². The summed E-state index contributed by atoms with van der Waals surface area (Å²) in [5.41, 5.74) is 5.52. The minimum Gasteiger partial charge on any atom is -0.324 e. The van der Waals surface area contributed by atoms with Crippen LogP contribution in [-0.4, -0.2) is 14.8 Å². The Morgan fingerprint density at radius 3 is 2.61 bits per heavy atom. The molecule has 0 amide bonds. The van der Waals surface area contributed by atoms with E-state index in [1.165, 1.54) is 0 Å². The Labute approximate surface area is 107 Å². The van der Waals surface area contributed by atoms with Crippen LogP contribution in [0.5, 0.6) is 0 Å². The SMILES string of the molecule is CCn1c(CN)nnc1-c1cc(F)c(Cl)cc1F. The van der Waals surface area contributed by atoms with E-state index in [1.807, 2.05) is 6.92 Å². The third kappa shape index (κ3) is 2.09. The van der Waals surface area contributed by atoms with Gasteiger partial charge < -0.3 is 10.3 Å². The summed E-state index contributed by atoms with van der Waals surface area (Å²) >= 11 is 5.50. The molecular formula is C11H11ClF2N4. The van der Waals surface area contributed by atoms with Crippen molar-refractivity contribution in [2.75, 3.05) is 0 Å². The van der Waals surface area contributed by atoms with E-state index in [0.717, 1.165) is 12.1 Å². The molecule has 7 heteroatoms. The standard InChI is InChI=1S/C11H11ClF2N4/c1-2-18-10(5-15)16-17-11(18)6-3-9(14)7(12)4-8(6)13/h3-4H,2,5,15H2,1H3. The zero-order chi connectivity index (χ0) is 13.3. The number of halogens is 3. The van der Waals surface area contributed by atoms with Gasteiger partial charge in [0.05, 0.1) is 17.1 Å². The molecular weight excluding hydrogens is 262 g/mol. The van der Waals surface area contributed by atoms with Gasteiger partial charge >= 0.3 is 0 Å². The monoisotopic (exact) mass is 272 g/mol. The smallest absolute Gasteiger partial charge is 0.167 e. The zero-order valence-corrected chi connectivity index (χ0v) is 10.4. The molecule has 18 heavy (non-hydrogen) atoms. The number of hydrogen-bond acceptors (Lipinski definition) is 3. The first-order chi connectivity index (χ1) is 8.58. The number of aromatic nitrogens is 3. The van der Waals surface area contributed by atoms with E-state index < -0.39 is 11.6 Å². The van der Waals surface area contributed by atoms with Crippen LogP contribution in [-0.2, 0) is 13.1 Å². The lowest BCUT2D eigenvalue weighted by atomic mass is 10.2. The van der Waals surface area contributed by atoms with Crippen LogP contribution in [0.25, 0.3) is 11.4 Å². The molecule has 0 fully saturated rings. The summed E-state index contributed by atoms with van der Waals surface area (Å²) in [5.74, 6) is -0.589. The van der Waals surface area contributed by atoms with Crippen molar-refractivity contribution >= 4 is 11.6 Å². The van der Waals surface area contributed by atoms with Gasteiger partial charge in [-0.1, -0.05) is 11.6 Å². The zero-order valence-electron chi connectivity index (χ0n) is 9.62. The first-order valence-electron chi connectivity index (χ1n) is 5.35. The molecule has 96 valence electrons. The maximum Gasteiger partial charge on any atom is 0.167 e. The van der Waals surface area contributed by atoms with Crippen molar-refractivity contribution in [1.82, 2.24) is 14.8 Å². The van der Waals surface area contributed by atoms with Gasteiger partial charge in [0.2, 0.25) is 0 Å². The van der Waals surface area contributed by atoms with Gasteiger partial charge in [0.15, 0.2) is 5.82 Å². The Balaban J connectivity index is 2.62. The number of rotatable bonds is 3. The highest BCUT2D eigenvalue weighted by molar-refractivity contribution is 6.30. The third-order valence-corrected chi connectivity index (χ3v) is 2.87. The van der Waals surface area contributed by atoms with Crippen molar-refractivity contribution < 1.29 is 8.78 Å². The predicted octanol–water partition coefficient (Wildman–Crippen LogP) is 2.36. The molecule has 1 heterocycles. The average molecular weight is 273 g/mol. The second-order valence-corrected chi connectivity index (χ2v) is 4.04. The van der Waals surface area contributed by atoms with Crippen LogP contribution < -0.4 is 5.73 Å². The highest BCUT2D eigenvalue weighted by atomic mass is 35.5. The molecule has 0 spiro atoms. The Morgan fingerprint density at radius 2 is 2.00 bits per heavy atom. The van der Waals surface area contributed by atoms with Crippen molar-refractivity contribution in [2.24, 2.45) is 5.73 Å². The van der Waals surface area contributed by atoms with E-state index in [0.29, 0.717) is 12.4 Å². The molecule has 0 radical (unpaired) electrons. The average Bonchev–Trinajstić information content (AvgIpc) is 2.76. The minimum absolute atomic E-state index is 0.0194. The molecule has 2 N–H and O–H groups in total. The van der Waals surface area contributed by atoms with Gasteiger partial charge in [-0.2, -0.15) is 0 Å². The first kappa shape index (κ1) is 12.9. The molecule has 2 rings (SSSR count). The molecule has 1 aromatic carbocycles. The van der Waals surface area contributed by atoms with Crippen molar-refractivity contribution in [2.45, 2.75) is 20.0 Å². The normalized spacial score (nSPS) is 10.9. The predicted molar refractivity (Wildman–Crippen MR) is 63.9 cm³/mol. The largest absolute Gasteiger partial charge is 0.324 e. The highest BCUT2D eigenvalue weighted by Gasteiger charge is 2.17. The number of nitrogens with zero attached hydrogens (tertiary/aromatic N) is 3. The fourth-order valence-electron chi connectivity index (χ4n) is 1.71. The number of hydrogen-bond donors (Lipinski definition) is 1. The maximum absolute atomic E-state index is 13.8. The van der Waals surface area contributed by atoms with Crippen LogP contribution in [0.15, 0.2) is 12.1 Å². The van der Waals surface area contributed by atoms with E-state index in [1.54, 1.807) is 4.57 Å². The summed E-state index contributed by atoms with van der Waals surface area (Å²) in [5, 5.41) is 7.42. The van der Waals surface area contributed by atoms with Gasteiger partial charge in [-0.3, -0.25) is 0 Å². The van der Waals surface area contributed by atoms with Crippen LogP contribution in [0.1, 0.15) is 12.7 Å². The molecule has 0 aliphatic rings. The van der Waals surface area contributed by atoms with Crippen molar-refractivity contribution in [3.63, 3.8) is 0 Å². The fraction of sp³-hybridized carbons (Fsp3) is 0.273. The lowest BCUT2D eigenvalue weighted by Crippen LogP contribution is -2.08. The molecule has 2 aromatic rings. The van der Waals surface area contributed by atoms with E-state index in [4.69, 9.17) is 17.3 Å². The molecule has 0 bridgehead atoms. The Bertz CT molecular complexity index is 583. The van der Waals surface area contributed by atoms with Gasteiger partial charge in [-0.05, 0) is 19.1 Å². The molecule has 0 unspecified atom stereocenters. The summed E-state index contributed by atoms with van der Waals surface area (Å²) in [6, 6.07) is 1.93. The van der Waals surface area contributed by atoms with Gasteiger partial charge in [0, 0.05) is 6.54 Å². The number of nitrogens with two attached hydrogens (primary N) is 1. The Kier molecular flexibility index (Phi) is 3.58. The summed E-state index contributed by atoms with van der Waals surface area (Å²) in [6.07, 6.45) is 0. The van der Waals surface area contributed by atoms with Crippen LogP contribution in [0.3, 0.4) is 0 Å². The van der Waals surface area contributed by atoms with E-state index in [-0.39, 0.29) is 23.0 Å². The quantitative estimate of drug-likeness (QED) is 0.873. The summed E-state index contributed by atoms with van der Waals surface area (Å²) in [6.45, 7) is 2.54. The highest BCUT2D eigenvalue weighted by Crippen LogP contribution is 2.27. The summed E-state index contributed by atoms with van der Waals surface area (Å²) < 4.78 is 28.8. The van der Waals surface area contributed by atoms with Crippen LogP contribution in [0.4, 0.5) is 8.78 Å². The fourth-order valence-corrected chi connectivity index (χ4v) is 1.86. The Morgan fingerprint density at radius 1 is 1.28 bits per heavy atom. The molecule has 0 saturated carbocycles. The molecule has 0 aliphatic heterocycles. The van der Waals surface area contributed by atoms with E-state index in [2.05, 4.69) is 10.2 Å². The van der Waals surface area contributed by atoms with Crippen molar-refractivity contribution in [3.8, 4) is 11.4 Å². The lowest BCUT2D eigenvalue weighted by molar-refractivity contribution is 0.600. The van der Waals surface area contributed by atoms with Crippen LogP contribution in [0, 0.1) is 11.6 Å². The second kappa shape index (κ2) is 4.99. The van der Waals surface area contributed by atoms with E-state index >= 15 is 0 Å². The minimum atomic E-state index is -0.701. The maximum atomic E-state index is 13.8. The lowest BCUT2D eigenvalue weighted by Gasteiger charge is -2.07. The molecule has 1 aromatic heterocycles. The van der Waals surface area contributed by atoms with Crippen LogP contribution in [0.2, 0.25) is 5.02 Å². The van der Waals surface area contributed by atoms with Crippen molar-refractivity contribution in [3.05, 3.63) is 34.6 Å². The first-order valence-corrected chi connectivity index (χ1v) is 5.73. The Hall–Kier alpha value is -1.53. The summed E-state index contributed by atoms with van der Waals surface area (Å²) in [4.78, 5) is 0.